The quantitative estimate of drug-likeness (QED) is 0.484. The fourth-order valence-electron chi connectivity index (χ4n) is 2.19. The third-order valence-electron chi connectivity index (χ3n) is 3.61. The highest BCUT2D eigenvalue weighted by atomic mass is 32.2. The molecule has 3 aromatic rings. The molecule has 2 N–H and O–H groups in total. The number of carbonyl (C=O) groups excluding carboxylic acids is 1. The molecule has 0 aliphatic heterocycles. The summed E-state index contributed by atoms with van der Waals surface area (Å²) < 4.78 is 0. The van der Waals surface area contributed by atoms with Crippen LogP contribution in [0.15, 0.2) is 46.3 Å². The van der Waals surface area contributed by atoms with Gasteiger partial charge in [0.05, 0.1) is 10.9 Å². The SMILES string of the molecule is CC(Sc1nc(-c2ccccc2)cc(=O)[nH]1)C(=O)Nc1nnc(C(C)C)s1. The molecule has 0 saturated carbocycles. The molecule has 1 aromatic carbocycles. The van der Waals surface area contributed by atoms with Gasteiger partial charge in [-0.05, 0) is 6.92 Å². The molecule has 0 saturated heterocycles. The average molecular weight is 402 g/mol. The molecule has 7 nitrogen and oxygen atoms in total. The summed E-state index contributed by atoms with van der Waals surface area (Å²) in [5.41, 5.74) is 1.16. The maximum Gasteiger partial charge on any atom is 0.252 e. The van der Waals surface area contributed by atoms with E-state index in [1.54, 1.807) is 6.92 Å². The molecule has 3 rings (SSSR count). The number of hydrogen-bond acceptors (Lipinski definition) is 7. The Morgan fingerprint density at radius 3 is 2.59 bits per heavy atom. The van der Waals surface area contributed by atoms with E-state index in [0.717, 1.165) is 10.6 Å². The first-order chi connectivity index (χ1) is 12.9. The van der Waals surface area contributed by atoms with Gasteiger partial charge in [-0.1, -0.05) is 67.3 Å². The summed E-state index contributed by atoms with van der Waals surface area (Å²) in [5, 5.41) is 12.1. The lowest BCUT2D eigenvalue weighted by atomic mass is 10.1. The van der Waals surface area contributed by atoms with Crippen LogP contribution in [0.3, 0.4) is 0 Å². The molecule has 0 spiro atoms. The highest BCUT2D eigenvalue weighted by molar-refractivity contribution is 8.00. The van der Waals surface area contributed by atoms with Crippen LogP contribution in [0.2, 0.25) is 0 Å². The van der Waals surface area contributed by atoms with Gasteiger partial charge in [0.1, 0.15) is 5.01 Å². The average Bonchev–Trinajstić information content (AvgIpc) is 3.10. The third-order valence-corrected chi connectivity index (χ3v) is 5.74. The van der Waals surface area contributed by atoms with E-state index in [4.69, 9.17) is 0 Å². The van der Waals surface area contributed by atoms with Crippen molar-refractivity contribution in [3.05, 3.63) is 51.8 Å². The summed E-state index contributed by atoms with van der Waals surface area (Å²) in [4.78, 5) is 31.5. The van der Waals surface area contributed by atoms with Crippen LogP contribution < -0.4 is 10.9 Å². The second-order valence-corrected chi connectivity index (χ2v) is 8.49. The van der Waals surface area contributed by atoms with E-state index in [1.807, 2.05) is 44.2 Å². The largest absolute Gasteiger partial charge is 0.301 e. The van der Waals surface area contributed by atoms with E-state index in [2.05, 4.69) is 25.5 Å². The number of thioether (sulfide) groups is 1. The Kier molecular flexibility index (Phi) is 6.02. The number of benzene rings is 1. The highest BCUT2D eigenvalue weighted by Gasteiger charge is 2.19. The molecule has 0 radical (unpaired) electrons. The first-order valence-electron chi connectivity index (χ1n) is 8.40. The summed E-state index contributed by atoms with van der Waals surface area (Å²) in [5.74, 6) is 0.0363. The van der Waals surface area contributed by atoms with Gasteiger partial charge in [-0.15, -0.1) is 10.2 Å². The minimum absolute atomic E-state index is 0.223. The molecule has 27 heavy (non-hydrogen) atoms. The maximum atomic E-state index is 12.4. The molecule has 0 aliphatic rings. The van der Waals surface area contributed by atoms with Gasteiger partial charge in [-0.2, -0.15) is 0 Å². The number of rotatable bonds is 6. The molecule has 0 bridgehead atoms. The van der Waals surface area contributed by atoms with Crippen molar-refractivity contribution in [2.45, 2.75) is 37.1 Å². The van der Waals surface area contributed by atoms with E-state index in [0.29, 0.717) is 16.0 Å². The number of nitrogens with zero attached hydrogens (tertiary/aromatic N) is 3. The predicted octanol–water partition coefficient (Wildman–Crippen LogP) is 3.53. The zero-order valence-electron chi connectivity index (χ0n) is 15.1. The standard InChI is InChI=1S/C18H19N5O2S2/c1-10(2)16-22-23-18(27-16)21-15(25)11(3)26-17-19-13(9-14(24)20-17)12-7-5-4-6-8-12/h4-11H,1-3H3,(H,19,20,24)(H,21,23,25). The van der Waals surface area contributed by atoms with E-state index >= 15 is 0 Å². The van der Waals surface area contributed by atoms with Crippen LogP contribution in [-0.2, 0) is 4.79 Å². The van der Waals surface area contributed by atoms with E-state index < -0.39 is 5.25 Å². The topological polar surface area (TPSA) is 101 Å². The van der Waals surface area contributed by atoms with E-state index in [-0.39, 0.29) is 17.4 Å². The summed E-state index contributed by atoms with van der Waals surface area (Å²) >= 11 is 2.54. The van der Waals surface area contributed by atoms with Gasteiger partial charge in [-0.25, -0.2) is 4.98 Å². The minimum Gasteiger partial charge on any atom is -0.301 e. The van der Waals surface area contributed by atoms with Crippen molar-refractivity contribution in [2.75, 3.05) is 5.32 Å². The highest BCUT2D eigenvalue weighted by Crippen LogP contribution is 2.25. The van der Waals surface area contributed by atoms with Gasteiger partial charge >= 0.3 is 0 Å². The summed E-state index contributed by atoms with van der Waals surface area (Å²) in [6.07, 6.45) is 0. The van der Waals surface area contributed by atoms with Gasteiger partial charge in [-0.3, -0.25) is 14.9 Å². The number of nitrogens with one attached hydrogen (secondary N) is 2. The van der Waals surface area contributed by atoms with E-state index in [9.17, 15) is 9.59 Å². The lowest BCUT2D eigenvalue weighted by Crippen LogP contribution is -2.23. The Balaban J connectivity index is 1.71. The van der Waals surface area contributed by atoms with Crippen LogP contribution in [-0.4, -0.2) is 31.3 Å². The molecule has 1 atom stereocenters. The Hall–Kier alpha value is -2.52. The molecule has 0 fully saturated rings. The van der Waals surface area contributed by atoms with E-state index in [1.165, 1.54) is 29.2 Å². The van der Waals surface area contributed by atoms with Gasteiger partial charge in [0.25, 0.3) is 5.56 Å². The fraction of sp³-hybridized carbons (Fsp3) is 0.278. The first-order valence-corrected chi connectivity index (χ1v) is 10.1. The van der Waals surface area contributed by atoms with Crippen molar-refractivity contribution in [3.63, 3.8) is 0 Å². The number of anilines is 1. The predicted molar refractivity (Wildman–Crippen MR) is 108 cm³/mol. The monoisotopic (exact) mass is 401 g/mol. The zero-order chi connectivity index (χ0) is 19.4. The maximum absolute atomic E-state index is 12.4. The van der Waals surface area contributed by atoms with Crippen LogP contribution in [0.1, 0.15) is 31.7 Å². The lowest BCUT2D eigenvalue weighted by Gasteiger charge is -2.10. The molecule has 140 valence electrons. The number of carbonyl (C=O) groups is 1. The van der Waals surface area contributed by atoms with Crippen LogP contribution >= 0.6 is 23.1 Å². The molecule has 1 amide bonds. The number of aromatic amines is 1. The number of H-pyrrole nitrogens is 1. The van der Waals surface area contributed by atoms with Crippen LogP contribution in [0.4, 0.5) is 5.13 Å². The Morgan fingerprint density at radius 1 is 1.19 bits per heavy atom. The minimum atomic E-state index is -0.467. The van der Waals surface area contributed by atoms with Crippen LogP contribution in [0.5, 0.6) is 0 Å². The van der Waals surface area contributed by atoms with Crippen molar-refractivity contribution < 1.29 is 4.79 Å². The normalized spacial score (nSPS) is 12.1. The molecular formula is C18H19N5O2S2. The molecule has 2 aromatic heterocycles. The third kappa shape index (κ3) is 5.01. The Morgan fingerprint density at radius 2 is 1.93 bits per heavy atom. The summed E-state index contributed by atoms with van der Waals surface area (Å²) in [6, 6.07) is 10.9. The van der Waals surface area contributed by atoms with Crippen LogP contribution in [0.25, 0.3) is 11.3 Å². The van der Waals surface area contributed by atoms with Crippen molar-refractivity contribution in [1.82, 2.24) is 20.2 Å². The summed E-state index contributed by atoms with van der Waals surface area (Å²) in [7, 11) is 0. The van der Waals surface area contributed by atoms with Gasteiger partial charge < -0.3 is 4.98 Å². The van der Waals surface area contributed by atoms with Crippen molar-refractivity contribution in [3.8, 4) is 11.3 Å². The fourth-order valence-corrected chi connectivity index (χ4v) is 3.75. The van der Waals surface area contributed by atoms with Gasteiger partial charge in [0, 0.05) is 17.5 Å². The number of hydrogen-bond donors (Lipinski definition) is 2. The Bertz CT molecular complexity index is 985. The second-order valence-electron chi connectivity index (χ2n) is 6.15. The first kappa shape index (κ1) is 19.2. The smallest absolute Gasteiger partial charge is 0.252 e. The van der Waals surface area contributed by atoms with Crippen molar-refractivity contribution in [2.24, 2.45) is 0 Å². The van der Waals surface area contributed by atoms with Crippen molar-refractivity contribution >= 4 is 34.1 Å². The molecule has 1 unspecified atom stereocenters. The molecule has 9 heteroatoms. The molecular weight excluding hydrogens is 382 g/mol. The lowest BCUT2D eigenvalue weighted by molar-refractivity contribution is -0.115. The number of aromatic nitrogens is 4. The molecule has 2 heterocycles. The Labute approximate surface area is 164 Å². The van der Waals surface area contributed by atoms with Gasteiger partial charge in [0.2, 0.25) is 11.0 Å². The zero-order valence-corrected chi connectivity index (χ0v) is 16.7. The summed E-state index contributed by atoms with van der Waals surface area (Å²) in [6.45, 7) is 5.79. The second kappa shape index (κ2) is 8.45. The number of amides is 1. The molecule has 0 aliphatic carbocycles. The van der Waals surface area contributed by atoms with Crippen molar-refractivity contribution in [1.29, 1.82) is 0 Å². The van der Waals surface area contributed by atoms with Gasteiger partial charge in [0.15, 0.2) is 5.16 Å². The van der Waals surface area contributed by atoms with Crippen LogP contribution in [0, 0.1) is 0 Å².